The van der Waals surface area contributed by atoms with Crippen molar-refractivity contribution in [1.82, 2.24) is 0 Å². The highest BCUT2D eigenvalue weighted by atomic mass is 32.2. The lowest BCUT2D eigenvalue weighted by Gasteiger charge is -2.29. The van der Waals surface area contributed by atoms with Gasteiger partial charge in [0.05, 0.1) is 17.5 Å². The molecule has 1 aromatic carbocycles. The number of amides is 1. The quantitative estimate of drug-likeness (QED) is 0.838. The molecule has 4 nitrogen and oxygen atoms in total. The lowest BCUT2D eigenvalue weighted by Crippen LogP contribution is -2.48. The highest BCUT2D eigenvalue weighted by molar-refractivity contribution is 7.91. The van der Waals surface area contributed by atoms with Crippen LogP contribution in [0.5, 0.6) is 0 Å². The molecule has 0 spiro atoms. The summed E-state index contributed by atoms with van der Waals surface area (Å²) in [7, 11) is -3.40. The molecule has 0 N–H and O–H groups in total. The topological polar surface area (TPSA) is 54.5 Å². The van der Waals surface area contributed by atoms with E-state index in [9.17, 15) is 26.4 Å². The molecule has 0 aromatic heterocycles. The zero-order chi connectivity index (χ0) is 15.8. The Labute approximate surface area is 120 Å². The van der Waals surface area contributed by atoms with Crippen molar-refractivity contribution in [3.8, 4) is 0 Å². The zero-order valence-electron chi connectivity index (χ0n) is 11.2. The van der Waals surface area contributed by atoms with Crippen molar-refractivity contribution in [2.24, 2.45) is 0 Å². The third-order valence-electron chi connectivity index (χ3n) is 3.35. The summed E-state index contributed by atoms with van der Waals surface area (Å²) in [5.74, 6) is -2.68. The minimum absolute atomic E-state index is 0.0119. The molecule has 0 aliphatic carbocycles. The Morgan fingerprint density at radius 3 is 2.24 bits per heavy atom. The van der Waals surface area contributed by atoms with E-state index in [1.54, 1.807) is 19.1 Å². The number of anilines is 1. The molecule has 21 heavy (non-hydrogen) atoms. The molecule has 8 heteroatoms. The second-order valence-electron chi connectivity index (χ2n) is 5.07. The standard InChI is InChI=1S/C13H14F3NO3S/c1-9-2-4-10(5-3-9)17(12(18)13(14,15)16)11-6-7-21(19,20)8-11/h2-5,11H,6-8H2,1H3/t11-/m1/s1. The molecule has 1 atom stereocenters. The van der Waals surface area contributed by atoms with Crippen LogP contribution in [0.15, 0.2) is 24.3 Å². The summed E-state index contributed by atoms with van der Waals surface area (Å²) in [6.07, 6.45) is -5.03. The fraction of sp³-hybridized carbons (Fsp3) is 0.462. The third kappa shape index (κ3) is 3.55. The molecule has 1 aliphatic heterocycles. The van der Waals surface area contributed by atoms with Crippen LogP contribution in [-0.4, -0.2) is 38.0 Å². The number of hydrogen-bond acceptors (Lipinski definition) is 3. The van der Waals surface area contributed by atoms with Gasteiger partial charge in [0.15, 0.2) is 9.84 Å². The minimum atomic E-state index is -5.04. The Hall–Kier alpha value is -1.57. The Morgan fingerprint density at radius 1 is 1.24 bits per heavy atom. The summed E-state index contributed by atoms with van der Waals surface area (Å²) in [4.78, 5) is 12.2. The predicted octanol–water partition coefficient (Wildman–Crippen LogP) is 2.08. The van der Waals surface area contributed by atoms with E-state index in [-0.39, 0.29) is 17.9 Å². The summed E-state index contributed by atoms with van der Waals surface area (Å²) in [5, 5.41) is 0. The normalized spacial score (nSPS) is 21.2. The molecular weight excluding hydrogens is 307 g/mol. The highest BCUT2D eigenvalue weighted by Crippen LogP contribution is 2.30. The maximum atomic E-state index is 12.8. The van der Waals surface area contributed by atoms with Crippen molar-refractivity contribution in [2.45, 2.75) is 25.6 Å². The fourth-order valence-electron chi connectivity index (χ4n) is 2.31. The smallest absolute Gasteiger partial charge is 0.300 e. The summed E-state index contributed by atoms with van der Waals surface area (Å²) in [6, 6.07) is 4.96. The van der Waals surface area contributed by atoms with Crippen LogP contribution in [0.3, 0.4) is 0 Å². The van der Waals surface area contributed by atoms with Gasteiger partial charge < -0.3 is 4.90 Å². The molecule has 0 unspecified atom stereocenters. The first-order chi connectivity index (χ1) is 9.60. The van der Waals surface area contributed by atoms with Crippen LogP contribution in [0.4, 0.5) is 18.9 Å². The second-order valence-corrected chi connectivity index (χ2v) is 7.29. The van der Waals surface area contributed by atoms with Gasteiger partial charge in [0.2, 0.25) is 0 Å². The van der Waals surface area contributed by atoms with Gasteiger partial charge in [-0.3, -0.25) is 4.79 Å². The Bertz CT molecular complexity index is 638. The number of carbonyl (C=O) groups excluding carboxylic acids is 1. The largest absolute Gasteiger partial charge is 0.471 e. The second kappa shape index (κ2) is 5.32. The van der Waals surface area contributed by atoms with Gasteiger partial charge in [0.25, 0.3) is 0 Å². The molecule has 1 aromatic rings. The molecule has 1 fully saturated rings. The number of nitrogens with zero attached hydrogens (tertiary/aromatic N) is 1. The number of halogens is 3. The molecule has 1 amide bonds. The van der Waals surface area contributed by atoms with E-state index in [2.05, 4.69) is 0 Å². The van der Waals surface area contributed by atoms with Crippen LogP contribution in [0.1, 0.15) is 12.0 Å². The van der Waals surface area contributed by atoms with Crippen molar-refractivity contribution < 1.29 is 26.4 Å². The number of sulfone groups is 1. The van der Waals surface area contributed by atoms with E-state index in [1.807, 2.05) is 0 Å². The Balaban J connectivity index is 2.40. The number of carbonyl (C=O) groups is 1. The average Bonchev–Trinajstić information content (AvgIpc) is 2.71. The van der Waals surface area contributed by atoms with E-state index in [1.165, 1.54) is 12.1 Å². The molecule has 0 saturated carbocycles. The van der Waals surface area contributed by atoms with Crippen molar-refractivity contribution >= 4 is 21.4 Å². The molecule has 1 heterocycles. The molecule has 0 bridgehead atoms. The van der Waals surface area contributed by atoms with Gasteiger partial charge in [-0.1, -0.05) is 17.7 Å². The average molecular weight is 321 g/mol. The van der Waals surface area contributed by atoms with Crippen LogP contribution < -0.4 is 4.90 Å². The molecule has 2 rings (SSSR count). The van der Waals surface area contributed by atoms with Gasteiger partial charge in [-0.2, -0.15) is 13.2 Å². The van der Waals surface area contributed by atoms with E-state index in [4.69, 9.17) is 0 Å². The van der Waals surface area contributed by atoms with Crippen molar-refractivity contribution in [1.29, 1.82) is 0 Å². The van der Waals surface area contributed by atoms with Crippen molar-refractivity contribution in [3.63, 3.8) is 0 Å². The summed E-state index contributed by atoms with van der Waals surface area (Å²) >= 11 is 0. The Kier molecular flexibility index (Phi) is 4.01. The van der Waals surface area contributed by atoms with Gasteiger partial charge >= 0.3 is 12.1 Å². The lowest BCUT2D eigenvalue weighted by molar-refractivity contribution is -0.170. The maximum Gasteiger partial charge on any atom is 0.471 e. The van der Waals surface area contributed by atoms with Gasteiger partial charge in [0, 0.05) is 5.69 Å². The molecule has 1 aliphatic rings. The van der Waals surface area contributed by atoms with E-state index < -0.39 is 33.7 Å². The fourth-order valence-corrected chi connectivity index (χ4v) is 4.01. The van der Waals surface area contributed by atoms with Crippen LogP contribution in [0, 0.1) is 6.92 Å². The van der Waals surface area contributed by atoms with Gasteiger partial charge in [-0.15, -0.1) is 0 Å². The number of aryl methyl sites for hydroxylation is 1. The van der Waals surface area contributed by atoms with Crippen LogP contribution in [-0.2, 0) is 14.6 Å². The summed E-state index contributed by atoms with van der Waals surface area (Å²) < 4.78 is 61.3. The van der Waals surface area contributed by atoms with Crippen LogP contribution >= 0.6 is 0 Å². The summed E-state index contributed by atoms with van der Waals surface area (Å²) in [6.45, 7) is 1.76. The van der Waals surface area contributed by atoms with Gasteiger partial charge in [0.1, 0.15) is 0 Å². The first kappa shape index (κ1) is 15.8. The number of hydrogen-bond donors (Lipinski definition) is 0. The molecular formula is C13H14F3NO3S. The maximum absolute atomic E-state index is 12.8. The predicted molar refractivity (Wildman–Crippen MR) is 71.8 cm³/mol. The number of alkyl halides is 3. The monoisotopic (exact) mass is 321 g/mol. The lowest BCUT2D eigenvalue weighted by atomic mass is 10.1. The SMILES string of the molecule is Cc1ccc(N(C(=O)C(F)(F)F)[C@@H]2CCS(=O)(=O)C2)cc1. The molecule has 0 radical (unpaired) electrons. The van der Waals surface area contributed by atoms with E-state index in [0.29, 0.717) is 4.90 Å². The van der Waals surface area contributed by atoms with E-state index >= 15 is 0 Å². The first-order valence-electron chi connectivity index (χ1n) is 6.28. The van der Waals surface area contributed by atoms with E-state index in [0.717, 1.165) is 5.56 Å². The van der Waals surface area contributed by atoms with Crippen LogP contribution in [0.2, 0.25) is 0 Å². The first-order valence-corrected chi connectivity index (χ1v) is 8.10. The number of benzene rings is 1. The minimum Gasteiger partial charge on any atom is -0.300 e. The van der Waals surface area contributed by atoms with Gasteiger partial charge in [-0.05, 0) is 25.5 Å². The Morgan fingerprint density at radius 2 is 1.81 bits per heavy atom. The number of rotatable bonds is 2. The third-order valence-corrected chi connectivity index (χ3v) is 5.10. The molecule has 1 saturated heterocycles. The van der Waals surface area contributed by atoms with Crippen LogP contribution in [0.25, 0.3) is 0 Å². The van der Waals surface area contributed by atoms with Gasteiger partial charge in [-0.25, -0.2) is 8.42 Å². The van der Waals surface area contributed by atoms with Crippen molar-refractivity contribution in [2.75, 3.05) is 16.4 Å². The zero-order valence-corrected chi connectivity index (χ0v) is 12.0. The molecule has 116 valence electrons. The highest BCUT2D eigenvalue weighted by Gasteiger charge is 2.47. The van der Waals surface area contributed by atoms with Crippen molar-refractivity contribution in [3.05, 3.63) is 29.8 Å². The summed E-state index contributed by atoms with van der Waals surface area (Å²) in [5.41, 5.74) is 0.891.